The molecule has 1 rings (SSSR count). The van der Waals surface area contributed by atoms with Crippen LogP contribution in [0.25, 0.3) is 0 Å². The van der Waals surface area contributed by atoms with E-state index in [9.17, 15) is 9.59 Å². The number of carbonyl (C=O) groups is 2. The Hall–Kier alpha value is -2.04. The van der Waals surface area contributed by atoms with Crippen molar-refractivity contribution in [3.8, 4) is 0 Å². The van der Waals surface area contributed by atoms with Crippen molar-refractivity contribution < 1.29 is 14.3 Å². The summed E-state index contributed by atoms with van der Waals surface area (Å²) in [5.41, 5.74) is 2.05. The molecule has 1 aromatic carbocycles. The van der Waals surface area contributed by atoms with Crippen molar-refractivity contribution >= 4 is 17.6 Å². The first kappa shape index (κ1) is 15.0. The van der Waals surface area contributed by atoms with Gasteiger partial charge in [-0.2, -0.15) is 0 Å². The molecule has 0 aromatic heterocycles. The van der Waals surface area contributed by atoms with Crippen LogP contribution in [0, 0.1) is 0 Å². The number of carbonyl (C=O) groups excluding carboxylic acids is 2. The van der Waals surface area contributed by atoms with Gasteiger partial charge in [0, 0.05) is 26.3 Å². The average molecular weight is 264 g/mol. The van der Waals surface area contributed by atoms with Crippen LogP contribution in [0.2, 0.25) is 0 Å². The Bertz CT molecular complexity index is 444. The van der Waals surface area contributed by atoms with Crippen LogP contribution in [0.4, 0.5) is 5.69 Å². The first-order chi connectivity index (χ1) is 9.04. The van der Waals surface area contributed by atoms with Gasteiger partial charge in [-0.1, -0.05) is 18.2 Å². The Morgan fingerprint density at radius 1 is 1.26 bits per heavy atom. The summed E-state index contributed by atoms with van der Waals surface area (Å²) in [6.45, 7) is 2.39. The molecule has 0 saturated carbocycles. The highest BCUT2D eigenvalue weighted by molar-refractivity contribution is 5.94. The van der Waals surface area contributed by atoms with Crippen LogP contribution in [0.1, 0.15) is 18.9 Å². The van der Waals surface area contributed by atoms with E-state index in [1.807, 2.05) is 43.3 Å². The third-order valence-electron chi connectivity index (χ3n) is 2.56. The molecule has 104 valence electrons. The lowest BCUT2D eigenvalue weighted by molar-refractivity contribution is -0.146. The molecule has 0 bridgehead atoms. The van der Waals surface area contributed by atoms with E-state index in [1.165, 1.54) is 0 Å². The van der Waals surface area contributed by atoms with Gasteiger partial charge >= 0.3 is 5.97 Å². The Morgan fingerprint density at radius 2 is 1.95 bits per heavy atom. The maximum absolute atomic E-state index is 11.6. The second kappa shape index (κ2) is 7.41. The minimum absolute atomic E-state index is 0.238. The Balaban J connectivity index is 2.53. The molecule has 0 heterocycles. The number of ether oxygens (including phenoxy) is 1. The van der Waals surface area contributed by atoms with E-state index < -0.39 is 5.97 Å². The molecule has 0 radical (unpaired) electrons. The normalized spacial score (nSPS) is 9.84. The molecule has 0 fully saturated rings. The highest BCUT2D eigenvalue weighted by Crippen LogP contribution is 2.17. The maximum atomic E-state index is 11.6. The standard InChI is InChI=1S/C14H20N2O3/c1-4-19-14(18)9-13(17)15-10-11-7-5-6-8-12(11)16(2)3/h5-8H,4,9-10H2,1-3H3,(H,15,17). The number of amides is 1. The number of rotatable bonds is 6. The van der Waals surface area contributed by atoms with E-state index in [-0.39, 0.29) is 18.9 Å². The van der Waals surface area contributed by atoms with Gasteiger partial charge in [0.2, 0.25) is 5.91 Å². The topological polar surface area (TPSA) is 58.6 Å². The van der Waals surface area contributed by atoms with E-state index in [0.29, 0.717) is 6.54 Å². The molecule has 0 unspecified atom stereocenters. The second-order valence-corrected chi connectivity index (χ2v) is 4.28. The van der Waals surface area contributed by atoms with Gasteiger partial charge in [-0.05, 0) is 18.6 Å². The SMILES string of the molecule is CCOC(=O)CC(=O)NCc1ccccc1N(C)C. The molecule has 0 aliphatic rings. The Kier molecular flexibility index (Phi) is 5.85. The summed E-state index contributed by atoms with van der Waals surface area (Å²) in [5, 5.41) is 2.72. The number of nitrogens with zero attached hydrogens (tertiary/aromatic N) is 1. The molecule has 19 heavy (non-hydrogen) atoms. The van der Waals surface area contributed by atoms with Gasteiger partial charge in [-0.15, -0.1) is 0 Å². The number of esters is 1. The zero-order valence-electron chi connectivity index (χ0n) is 11.6. The lowest BCUT2D eigenvalue weighted by atomic mass is 10.1. The zero-order chi connectivity index (χ0) is 14.3. The minimum atomic E-state index is -0.499. The molecule has 5 nitrogen and oxygen atoms in total. The van der Waals surface area contributed by atoms with Crippen molar-refractivity contribution in [2.45, 2.75) is 19.9 Å². The third-order valence-corrected chi connectivity index (χ3v) is 2.56. The largest absolute Gasteiger partial charge is 0.466 e. The first-order valence-electron chi connectivity index (χ1n) is 6.22. The van der Waals surface area contributed by atoms with Gasteiger partial charge in [-0.3, -0.25) is 9.59 Å². The summed E-state index contributed by atoms with van der Waals surface area (Å²) < 4.78 is 4.72. The van der Waals surface area contributed by atoms with Crippen molar-refractivity contribution in [2.24, 2.45) is 0 Å². The highest BCUT2D eigenvalue weighted by atomic mass is 16.5. The second-order valence-electron chi connectivity index (χ2n) is 4.28. The molecule has 0 aliphatic carbocycles. The number of benzene rings is 1. The number of nitrogens with one attached hydrogen (secondary N) is 1. The first-order valence-corrected chi connectivity index (χ1v) is 6.22. The van der Waals surface area contributed by atoms with Crippen molar-refractivity contribution in [3.63, 3.8) is 0 Å². The molecule has 0 aliphatic heterocycles. The zero-order valence-corrected chi connectivity index (χ0v) is 11.6. The van der Waals surface area contributed by atoms with Gasteiger partial charge < -0.3 is 15.0 Å². The smallest absolute Gasteiger partial charge is 0.315 e. The van der Waals surface area contributed by atoms with E-state index in [0.717, 1.165) is 11.3 Å². The van der Waals surface area contributed by atoms with Crippen LogP contribution in [-0.2, 0) is 20.9 Å². The molecular formula is C14H20N2O3. The minimum Gasteiger partial charge on any atom is -0.466 e. The molecule has 0 saturated heterocycles. The van der Waals surface area contributed by atoms with Crippen LogP contribution >= 0.6 is 0 Å². The van der Waals surface area contributed by atoms with E-state index >= 15 is 0 Å². The molecule has 5 heteroatoms. The van der Waals surface area contributed by atoms with E-state index in [2.05, 4.69) is 5.32 Å². The van der Waals surface area contributed by atoms with Crippen LogP contribution < -0.4 is 10.2 Å². The average Bonchev–Trinajstić information content (AvgIpc) is 2.36. The van der Waals surface area contributed by atoms with E-state index in [4.69, 9.17) is 4.74 Å². The number of hydrogen-bond donors (Lipinski definition) is 1. The van der Waals surface area contributed by atoms with Crippen LogP contribution in [0.3, 0.4) is 0 Å². The summed E-state index contributed by atoms with van der Waals surface area (Å²) in [7, 11) is 3.89. The van der Waals surface area contributed by atoms with Crippen LogP contribution in [0.5, 0.6) is 0 Å². The molecule has 1 aromatic rings. The summed E-state index contributed by atoms with van der Waals surface area (Å²) in [5.74, 6) is -0.826. The van der Waals surface area contributed by atoms with Crippen molar-refractivity contribution in [2.75, 3.05) is 25.6 Å². The quantitative estimate of drug-likeness (QED) is 0.622. The van der Waals surface area contributed by atoms with Gasteiger partial charge in [0.05, 0.1) is 6.61 Å². The van der Waals surface area contributed by atoms with E-state index in [1.54, 1.807) is 6.92 Å². The fourth-order valence-electron chi connectivity index (χ4n) is 1.70. The van der Waals surface area contributed by atoms with Gasteiger partial charge in [0.1, 0.15) is 6.42 Å². The molecular weight excluding hydrogens is 244 g/mol. The predicted molar refractivity (Wildman–Crippen MR) is 73.9 cm³/mol. The van der Waals surface area contributed by atoms with Crippen LogP contribution in [0.15, 0.2) is 24.3 Å². The summed E-state index contributed by atoms with van der Waals surface area (Å²) in [6, 6.07) is 7.78. The van der Waals surface area contributed by atoms with Crippen molar-refractivity contribution in [3.05, 3.63) is 29.8 Å². The highest BCUT2D eigenvalue weighted by Gasteiger charge is 2.10. The van der Waals surface area contributed by atoms with Crippen molar-refractivity contribution in [1.82, 2.24) is 5.32 Å². The molecule has 0 atom stereocenters. The number of para-hydroxylation sites is 1. The summed E-state index contributed by atoms with van der Waals surface area (Å²) in [4.78, 5) is 24.7. The number of anilines is 1. The Labute approximate surface area is 113 Å². The molecule has 0 spiro atoms. The summed E-state index contributed by atoms with van der Waals surface area (Å²) in [6.07, 6.45) is -0.238. The number of hydrogen-bond acceptors (Lipinski definition) is 4. The molecule has 1 N–H and O–H groups in total. The van der Waals surface area contributed by atoms with Gasteiger partial charge in [-0.25, -0.2) is 0 Å². The van der Waals surface area contributed by atoms with Gasteiger partial charge in [0.25, 0.3) is 0 Å². The van der Waals surface area contributed by atoms with Crippen molar-refractivity contribution in [1.29, 1.82) is 0 Å². The van der Waals surface area contributed by atoms with Gasteiger partial charge in [0.15, 0.2) is 0 Å². The Morgan fingerprint density at radius 3 is 2.58 bits per heavy atom. The lowest BCUT2D eigenvalue weighted by Gasteiger charge is -2.17. The molecule has 1 amide bonds. The third kappa shape index (κ3) is 4.99. The monoisotopic (exact) mass is 264 g/mol. The lowest BCUT2D eigenvalue weighted by Crippen LogP contribution is -2.26. The maximum Gasteiger partial charge on any atom is 0.315 e. The van der Waals surface area contributed by atoms with Crippen LogP contribution in [-0.4, -0.2) is 32.6 Å². The predicted octanol–water partition coefficient (Wildman–Crippen LogP) is 1.32. The fraction of sp³-hybridized carbons (Fsp3) is 0.429. The fourth-order valence-corrected chi connectivity index (χ4v) is 1.70. The summed E-state index contributed by atoms with van der Waals surface area (Å²) >= 11 is 0.